The van der Waals surface area contributed by atoms with E-state index in [1.807, 2.05) is 0 Å². The van der Waals surface area contributed by atoms with Crippen LogP contribution in [0.3, 0.4) is 0 Å². The normalized spacial score (nSPS) is 30.4. The molecule has 2 aliphatic carbocycles. The monoisotopic (exact) mass is 257 g/mol. The Morgan fingerprint density at radius 1 is 1.16 bits per heavy atom. The minimum Gasteiger partial charge on any atom is -0.313 e. The molecular formula is C18H27N. The first-order chi connectivity index (χ1) is 9.09. The molecule has 0 atom stereocenters. The highest BCUT2D eigenvalue weighted by molar-refractivity contribution is 5.32. The largest absolute Gasteiger partial charge is 0.313 e. The smallest absolute Gasteiger partial charge is 0.00833 e. The predicted octanol–water partition coefficient (Wildman–Crippen LogP) is 4.05. The van der Waals surface area contributed by atoms with Crippen molar-refractivity contribution in [1.82, 2.24) is 5.32 Å². The van der Waals surface area contributed by atoms with Crippen LogP contribution in [0.15, 0.2) is 24.3 Å². The van der Waals surface area contributed by atoms with Crippen molar-refractivity contribution in [3.63, 3.8) is 0 Å². The lowest BCUT2D eigenvalue weighted by Crippen LogP contribution is -2.50. The van der Waals surface area contributed by atoms with Crippen LogP contribution in [-0.2, 0) is 5.41 Å². The van der Waals surface area contributed by atoms with Gasteiger partial charge in [0.05, 0.1) is 0 Å². The highest BCUT2D eigenvalue weighted by Gasteiger charge is 2.46. The molecular weight excluding hydrogens is 230 g/mol. The molecule has 0 amide bonds. The average Bonchev–Trinajstić information content (AvgIpc) is 3.13. The fraction of sp³-hybridized carbons (Fsp3) is 0.667. The second kappa shape index (κ2) is 4.94. The van der Waals surface area contributed by atoms with Crippen molar-refractivity contribution in [3.8, 4) is 0 Å². The van der Waals surface area contributed by atoms with Crippen molar-refractivity contribution in [2.45, 2.75) is 57.9 Å². The zero-order valence-electron chi connectivity index (χ0n) is 12.6. The second-order valence-corrected chi connectivity index (χ2v) is 7.21. The predicted molar refractivity (Wildman–Crippen MR) is 81.4 cm³/mol. The number of aryl methyl sites for hydroxylation is 1. The van der Waals surface area contributed by atoms with Crippen molar-refractivity contribution in [1.29, 1.82) is 0 Å². The summed E-state index contributed by atoms with van der Waals surface area (Å²) in [4.78, 5) is 0. The van der Waals surface area contributed by atoms with Crippen LogP contribution in [0.1, 0.15) is 50.7 Å². The third kappa shape index (κ3) is 2.72. The van der Waals surface area contributed by atoms with Crippen molar-refractivity contribution in [3.05, 3.63) is 35.4 Å². The van der Waals surface area contributed by atoms with Gasteiger partial charge < -0.3 is 5.32 Å². The molecule has 1 nitrogen and oxygen atoms in total. The molecule has 104 valence electrons. The fourth-order valence-electron chi connectivity index (χ4n) is 3.43. The van der Waals surface area contributed by atoms with Crippen LogP contribution in [-0.4, -0.2) is 12.6 Å². The quantitative estimate of drug-likeness (QED) is 0.839. The maximum atomic E-state index is 3.77. The third-order valence-electron chi connectivity index (χ3n) is 5.22. The summed E-state index contributed by atoms with van der Waals surface area (Å²) in [7, 11) is 0. The van der Waals surface area contributed by atoms with Gasteiger partial charge in [0.15, 0.2) is 0 Å². The van der Waals surface area contributed by atoms with E-state index < -0.39 is 0 Å². The Hall–Kier alpha value is -0.820. The molecule has 1 aromatic rings. The van der Waals surface area contributed by atoms with E-state index in [0.29, 0.717) is 5.41 Å². The fourth-order valence-corrected chi connectivity index (χ4v) is 3.43. The van der Waals surface area contributed by atoms with Crippen LogP contribution in [0, 0.1) is 18.8 Å². The van der Waals surface area contributed by atoms with Gasteiger partial charge in [0, 0.05) is 18.0 Å². The summed E-state index contributed by atoms with van der Waals surface area (Å²) in [6, 6.07) is 10.1. The minimum absolute atomic E-state index is 0.422. The Morgan fingerprint density at radius 2 is 1.79 bits per heavy atom. The maximum Gasteiger partial charge on any atom is 0.00833 e. The van der Waals surface area contributed by atoms with E-state index in [2.05, 4.69) is 50.4 Å². The highest BCUT2D eigenvalue weighted by atomic mass is 15.0. The molecule has 19 heavy (non-hydrogen) atoms. The number of hydrogen-bond acceptors (Lipinski definition) is 1. The molecule has 0 heterocycles. The molecule has 0 aromatic heterocycles. The number of nitrogens with one attached hydrogen (secondary N) is 1. The molecule has 0 radical (unpaired) electrons. The Balaban J connectivity index is 1.74. The van der Waals surface area contributed by atoms with Crippen molar-refractivity contribution in [2.75, 3.05) is 6.54 Å². The summed E-state index contributed by atoms with van der Waals surface area (Å²) < 4.78 is 0. The summed E-state index contributed by atoms with van der Waals surface area (Å²) in [5.41, 5.74) is 3.35. The summed E-state index contributed by atoms with van der Waals surface area (Å²) in [5, 5.41) is 3.77. The zero-order valence-corrected chi connectivity index (χ0v) is 12.6. The van der Waals surface area contributed by atoms with Crippen LogP contribution < -0.4 is 5.32 Å². The molecule has 2 fully saturated rings. The molecule has 1 aromatic carbocycles. The molecule has 2 aliphatic rings. The van der Waals surface area contributed by atoms with Crippen LogP contribution in [0.4, 0.5) is 0 Å². The number of hydrogen-bond donors (Lipinski definition) is 1. The van der Waals surface area contributed by atoms with E-state index in [1.54, 1.807) is 5.56 Å². The Morgan fingerprint density at radius 3 is 2.32 bits per heavy atom. The van der Waals surface area contributed by atoms with E-state index in [1.165, 1.54) is 37.8 Å². The highest BCUT2D eigenvalue weighted by Crippen LogP contribution is 2.50. The molecule has 0 saturated heterocycles. The van der Waals surface area contributed by atoms with Crippen molar-refractivity contribution in [2.24, 2.45) is 11.8 Å². The van der Waals surface area contributed by atoms with Gasteiger partial charge >= 0.3 is 0 Å². The van der Waals surface area contributed by atoms with Gasteiger partial charge in [-0.05, 0) is 50.0 Å². The third-order valence-corrected chi connectivity index (χ3v) is 5.22. The van der Waals surface area contributed by atoms with Crippen LogP contribution in [0.2, 0.25) is 0 Å². The summed E-state index contributed by atoms with van der Waals surface area (Å²) in [6.45, 7) is 8.11. The zero-order chi connectivity index (χ0) is 13.5. The molecule has 3 rings (SSSR count). The first-order valence-corrected chi connectivity index (χ1v) is 7.90. The van der Waals surface area contributed by atoms with Gasteiger partial charge in [0.2, 0.25) is 0 Å². The molecule has 1 N–H and O–H groups in total. The van der Waals surface area contributed by atoms with Gasteiger partial charge in [-0.15, -0.1) is 0 Å². The summed E-state index contributed by atoms with van der Waals surface area (Å²) in [6.07, 6.45) is 5.51. The minimum atomic E-state index is 0.422. The summed E-state index contributed by atoms with van der Waals surface area (Å²) in [5.74, 6) is 1.75. The second-order valence-electron chi connectivity index (χ2n) is 7.21. The van der Waals surface area contributed by atoms with Gasteiger partial charge in [0.1, 0.15) is 0 Å². The Bertz CT molecular complexity index is 416. The molecule has 2 saturated carbocycles. The molecule has 0 spiro atoms. The van der Waals surface area contributed by atoms with E-state index in [-0.39, 0.29) is 0 Å². The summed E-state index contributed by atoms with van der Waals surface area (Å²) >= 11 is 0. The number of rotatable bonds is 5. The lowest BCUT2D eigenvalue weighted by atomic mass is 9.56. The van der Waals surface area contributed by atoms with Gasteiger partial charge in [-0.2, -0.15) is 0 Å². The van der Waals surface area contributed by atoms with Gasteiger partial charge in [-0.25, -0.2) is 0 Å². The van der Waals surface area contributed by atoms with E-state index in [9.17, 15) is 0 Å². The first kappa shape index (κ1) is 13.2. The lowest BCUT2D eigenvalue weighted by molar-refractivity contribution is 0.0973. The topological polar surface area (TPSA) is 12.0 Å². The van der Waals surface area contributed by atoms with E-state index >= 15 is 0 Å². The van der Waals surface area contributed by atoms with Crippen molar-refractivity contribution < 1.29 is 0 Å². The SMILES string of the molecule is Cc1ccc(C2(CNC3CC3)CC(C(C)C)C2)cc1. The Labute approximate surface area is 117 Å². The average molecular weight is 257 g/mol. The van der Waals surface area contributed by atoms with Gasteiger partial charge in [-0.1, -0.05) is 43.7 Å². The lowest BCUT2D eigenvalue weighted by Gasteiger charge is -2.50. The first-order valence-electron chi connectivity index (χ1n) is 7.90. The van der Waals surface area contributed by atoms with Crippen molar-refractivity contribution >= 4 is 0 Å². The standard InChI is InChI=1S/C18H27N/c1-13(2)15-10-18(11-15,12-19-17-8-9-17)16-6-4-14(3)5-7-16/h4-7,13,15,17,19H,8-12H2,1-3H3. The molecule has 1 heteroatoms. The number of benzene rings is 1. The molecule has 0 aliphatic heterocycles. The van der Waals surface area contributed by atoms with Gasteiger partial charge in [0.25, 0.3) is 0 Å². The maximum absolute atomic E-state index is 3.77. The van der Waals surface area contributed by atoms with Crippen LogP contribution in [0.25, 0.3) is 0 Å². The van der Waals surface area contributed by atoms with Gasteiger partial charge in [-0.3, -0.25) is 0 Å². The molecule has 0 bridgehead atoms. The Kier molecular flexibility index (Phi) is 3.42. The molecule has 0 unspecified atom stereocenters. The van der Waals surface area contributed by atoms with Crippen LogP contribution >= 0.6 is 0 Å². The van der Waals surface area contributed by atoms with E-state index in [0.717, 1.165) is 17.9 Å². The van der Waals surface area contributed by atoms with E-state index in [4.69, 9.17) is 0 Å². The van der Waals surface area contributed by atoms with Crippen LogP contribution in [0.5, 0.6) is 0 Å².